The van der Waals surface area contributed by atoms with Crippen molar-refractivity contribution < 1.29 is 23.9 Å². The van der Waals surface area contributed by atoms with Crippen molar-refractivity contribution in [3.8, 4) is 5.75 Å². The monoisotopic (exact) mass is 406 g/mol. The number of rotatable bonds is 4. The molecule has 0 bridgehead atoms. The molecule has 1 heterocycles. The summed E-state index contributed by atoms with van der Waals surface area (Å²) >= 11 is 6.49. The zero-order valence-corrected chi connectivity index (χ0v) is 15.2. The topological polar surface area (TPSA) is 86.7 Å². The molecule has 0 spiro atoms. The number of nitrogens with zero attached hydrogens (tertiary/aromatic N) is 1. The summed E-state index contributed by atoms with van der Waals surface area (Å²) in [6.45, 7) is -0.558. The van der Waals surface area contributed by atoms with E-state index in [1.54, 1.807) is 6.07 Å². The number of imide groups is 1. The Kier molecular flexibility index (Phi) is 5.48. The fourth-order valence-corrected chi connectivity index (χ4v) is 3.32. The third-order valence-electron chi connectivity index (χ3n) is 3.60. The van der Waals surface area contributed by atoms with Gasteiger partial charge in [-0.1, -0.05) is 23.7 Å². The number of halogens is 2. The molecule has 1 saturated heterocycles. The SMILES string of the molecule is O=C(CN1C(=O)S/C(=C\c2cc(Cl)ccc2O)C1=O)Nc1ccccc1F. The van der Waals surface area contributed by atoms with Crippen LogP contribution in [0.3, 0.4) is 0 Å². The first-order valence-electron chi connectivity index (χ1n) is 7.63. The summed E-state index contributed by atoms with van der Waals surface area (Å²) in [5.74, 6) is -2.14. The van der Waals surface area contributed by atoms with Crippen LogP contribution in [0, 0.1) is 5.82 Å². The fraction of sp³-hybridized carbons (Fsp3) is 0.0556. The van der Waals surface area contributed by atoms with Gasteiger partial charge in [-0.05, 0) is 48.2 Å². The number of carbonyl (C=O) groups is 3. The zero-order valence-electron chi connectivity index (χ0n) is 13.6. The zero-order chi connectivity index (χ0) is 19.6. The summed E-state index contributed by atoms with van der Waals surface area (Å²) in [4.78, 5) is 37.3. The van der Waals surface area contributed by atoms with E-state index in [4.69, 9.17) is 11.6 Å². The molecule has 2 N–H and O–H groups in total. The van der Waals surface area contributed by atoms with Crippen LogP contribution in [0.1, 0.15) is 5.56 Å². The van der Waals surface area contributed by atoms with Crippen LogP contribution >= 0.6 is 23.4 Å². The molecule has 2 aromatic carbocycles. The van der Waals surface area contributed by atoms with E-state index in [0.717, 1.165) is 4.90 Å². The quantitative estimate of drug-likeness (QED) is 0.753. The lowest BCUT2D eigenvalue weighted by Gasteiger charge is -2.12. The molecule has 0 radical (unpaired) electrons. The summed E-state index contributed by atoms with van der Waals surface area (Å²) in [5.41, 5.74) is 0.220. The van der Waals surface area contributed by atoms with Gasteiger partial charge in [-0.3, -0.25) is 19.3 Å². The largest absolute Gasteiger partial charge is 0.507 e. The van der Waals surface area contributed by atoms with Crippen molar-refractivity contribution in [2.24, 2.45) is 0 Å². The number of hydrogen-bond donors (Lipinski definition) is 2. The van der Waals surface area contributed by atoms with Crippen LogP contribution in [-0.2, 0) is 9.59 Å². The molecule has 0 aliphatic carbocycles. The fourth-order valence-electron chi connectivity index (χ4n) is 2.31. The number of carbonyl (C=O) groups excluding carboxylic acids is 3. The Morgan fingerprint density at radius 2 is 2.00 bits per heavy atom. The van der Waals surface area contributed by atoms with Gasteiger partial charge in [0, 0.05) is 10.6 Å². The van der Waals surface area contributed by atoms with Gasteiger partial charge in [-0.2, -0.15) is 0 Å². The molecule has 27 heavy (non-hydrogen) atoms. The third kappa shape index (κ3) is 4.29. The maximum absolute atomic E-state index is 13.6. The summed E-state index contributed by atoms with van der Waals surface area (Å²) < 4.78 is 13.6. The van der Waals surface area contributed by atoms with Crippen LogP contribution in [0.15, 0.2) is 47.4 Å². The van der Waals surface area contributed by atoms with Gasteiger partial charge in [-0.15, -0.1) is 0 Å². The Bertz CT molecular complexity index is 980. The maximum atomic E-state index is 13.6. The van der Waals surface area contributed by atoms with Crippen LogP contribution in [0.25, 0.3) is 6.08 Å². The first-order valence-corrected chi connectivity index (χ1v) is 8.83. The lowest BCUT2D eigenvalue weighted by Crippen LogP contribution is -2.36. The molecule has 6 nitrogen and oxygen atoms in total. The van der Waals surface area contributed by atoms with Crippen molar-refractivity contribution in [2.75, 3.05) is 11.9 Å². The summed E-state index contributed by atoms with van der Waals surface area (Å²) in [6.07, 6.45) is 1.32. The average Bonchev–Trinajstić information content (AvgIpc) is 2.87. The van der Waals surface area contributed by atoms with Crippen molar-refractivity contribution in [3.63, 3.8) is 0 Å². The lowest BCUT2D eigenvalue weighted by atomic mass is 10.2. The van der Waals surface area contributed by atoms with E-state index >= 15 is 0 Å². The number of anilines is 1. The van der Waals surface area contributed by atoms with E-state index in [0.29, 0.717) is 16.8 Å². The number of amides is 3. The van der Waals surface area contributed by atoms with Crippen molar-refractivity contribution in [1.82, 2.24) is 4.90 Å². The van der Waals surface area contributed by atoms with E-state index in [9.17, 15) is 23.9 Å². The highest BCUT2D eigenvalue weighted by atomic mass is 35.5. The van der Waals surface area contributed by atoms with Gasteiger partial charge in [0.25, 0.3) is 11.1 Å². The molecular weight excluding hydrogens is 395 g/mol. The normalized spacial score (nSPS) is 15.5. The summed E-state index contributed by atoms with van der Waals surface area (Å²) in [5, 5.41) is 11.8. The predicted molar refractivity (Wildman–Crippen MR) is 101 cm³/mol. The molecule has 138 valence electrons. The third-order valence-corrected chi connectivity index (χ3v) is 4.74. The molecule has 3 amide bonds. The van der Waals surface area contributed by atoms with Crippen molar-refractivity contribution in [1.29, 1.82) is 0 Å². The van der Waals surface area contributed by atoms with Gasteiger partial charge in [0.15, 0.2) is 0 Å². The van der Waals surface area contributed by atoms with Gasteiger partial charge in [-0.25, -0.2) is 4.39 Å². The van der Waals surface area contributed by atoms with Gasteiger partial charge in [0.05, 0.1) is 10.6 Å². The first-order chi connectivity index (χ1) is 12.8. The lowest BCUT2D eigenvalue weighted by molar-refractivity contribution is -0.127. The standard InChI is InChI=1S/C18H12ClFN2O4S/c19-11-5-6-14(23)10(7-11)8-15-17(25)22(18(26)27-15)9-16(24)21-13-4-2-1-3-12(13)20/h1-8,23H,9H2,(H,21,24)/b15-8-. The molecule has 1 aliphatic heterocycles. The molecule has 3 rings (SSSR count). The minimum absolute atomic E-state index is 0.0382. The summed E-state index contributed by atoms with van der Waals surface area (Å²) in [7, 11) is 0. The Hall–Kier alpha value is -2.84. The smallest absolute Gasteiger partial charge is 0.294 e. The molecule has 2 aromatic rings. The predicted octanol–water partition coefficient (Wildman–Crippen LogP) is 3.86. The Morgan fingerprint density at radius 3 is 2.74 bits per heavy atom. The Labute approximate surface area is 162 Å². The molecule has 9 heteroatoms. The number of thioether (sulfide) groups is 1. The number of hydrogen-bond acceptors (Lipinski definition) is 5. The molecule has 1 aliphatic rings. The number of para-hydroxylation sites is 1. The average molecular weight is 407 g/mol. The molecule has 0 saturated carbocycles. The number of phenols is 1. The van der Waals surface area contributed by atoms with Gasteiger partial charge in [0.2, 0.25) is 5.91 Å². The maximum Gasteiger partial charge on any atom is 0.294 e. The number of nitrogens with one attached hydrogen (secondary N) is 1. The Balaban J connectivity index is 1.74. The van der Waals surface area contributed by atoms with E-state index < -0.39 is 29.4 Å². The van der Waals surface area contributed by atoms with Gasteiger partial charge >= 0.3 is 0 Å². The molecule has 1 fully saturated rings. The second kappa shape index (κ2) is 7.81. The first kappa shape index (κ1) is 18.9. The highest BCUT2D eigenvalue weighted by molar-refractivity contribution is 8.18. The van der Waals surface area contributed by atoms with Crippen LogP contribution in [0.2, 0.25) is 5.02 Å². The van der Waals surface area contributed by atoms with Crippen molar-refractivity contribution in [3.05, 3.63) is 63.8 Å². The number of phenolic OH excluding ortho intramolecular Hbond substituents is 1. The highest BCUT2D eigenvalue weighted by Gasteiger charge is 2.36. The molecule has 0 unspecified atom stereocenters. The number of benzene rings is 2. The van der Waals surface area contributed by atoms with Crippen LogP contribution in [0.5, 0.6) is 5.75 Å². The van der Waals surface area contributed by atoms with E-state index in [2.05, 4.69) is 5.32 Å². The molecular formula is C18H12ClFN2O4S. The highest BCUT2D eigenvalue weighted by Crippen LogP contribution is 2.34. The second-order valence-corrected chi connectivity index (χ2v) is 6.93. The van der Waals surface area contributed by atoms with E-state index in [1.807, 2.05) is 0 Å². The van der Waals surface area contributed by atoms with E-state index in [1.165, 1.54) is 42.5 Å². The minimum Gasteiger partial charge on any atom is -0.507 e. The second-order valence-electron chi connectivity index (χ2n) is 5.50. The van der Waals surface area contributed by atoms with Gasteiger partial charge in [0.1, 0.15) is 18.1 Å². The van der Waals surface area contributed by atoms with Crippen LogP contribution in [0.4, 0.5) is 14.9 Å². The number of aromatic hydroxyl groups is 1. The minimum atomic E-state index is -0.714. The van der Waals surface area contributed by atoms with Crippen molar-refractivity contribution >= 4 is 52.2 Å². The Morgan fingerprint density at radius 1 is 1.26 bits per heavy atom. The van der Waals surface area contributed by atoms with Gasteiger partial charge < -0.3 is 10.4 Å². The molecule has 0 atom stereocenters. The van der Waals surface area contributed by atoms with Crippen molar-refractivity contribution in [2.45, 2.75) is 0 Å². The molecule has 0 aromatic heterocycles. The van der Waals surface area contributed by atoms with Crippen LogP contribution in [-0.4, -0.2) is 33.6 Å². The van der Waals surface area contributed by atoms with E-state index in [-0.39, 0.29) is 21.9 Å². The van der Waals surface area contributed by atoms with Crippen LogP contribution < -0.4 is 5.32 Å². The summed E-state index contributed by atoms with van der Waals surface area (Å²) in [6, 6.07) is 9.83.